The first-order valence-electron chi connectivity index (χ1n) is 7.30. The van der Waals surface area contributed by atoms with Crippen molar-refractivity contribution >= 4 is 5.91 Å². The average Bonchev–Trinajstić information content (AvgIpc) is 2.47. The van der Waals surface area contributed by atoms with E-state index in [0.29, 0.717) is 24.8 Å². The van der Waals surface area contributed by atoms with E-state index in [1.165, 1.54) is 18.9 Å². The van der Waals surface area contributed by atoms with Crippen molar-refractivity contribution in [2.45, 2.75) is 32.7 Å². The van der Waals surface area contributed by atoms with Crippen LogP contribution in [0.15, 0.2) is 23.1 Å². The predicted molar refractivity (Wildman–Crippen MR) is 78.3 cm³/mol. The molecule has 3 N–H and O–H groups in total. The molecule has 0 saturated carbocycles. The first kappa shape index (κ1) is 14.8. The van der Waals surface area contributed by atoms with Crippen molar-refractivity contribution in [2.75, 3.05) is 13.1 Å². The minimum atomic E-state index is -0.126. The number of H-pyrrole nitrogens is 1. The highest BCUT2D eigenvalue weighted by Crippen LogP contribution is 2.22. The second-order valence-corrected chi connectivity index (χ2v) is 5.63. The van der Waals surface area contributed by atoms with E-state index in [-0.39, 0.29) is 11.5 Å². The van der Waals surface area contributed by atoms with Crippen LogP contribution in [0.25, 0.3) is 0 Å². The van der Waals surface area contributed by atoms with Crippen molar-refractivity contribution in [3.63, 3.8) is 0 Å². The number of carbonyl (C=O) groups excluding carboxylic acids is 1. The van der Waals surface area contributed by atoms with Gasteiger partial charge in [-0.2, -0.15) is 0 Å². The molecule has 0 aliphatic carbocycles. The van der Waals surface area contributed by atoms with Crippen LogP contribution in [0.3, 0.4) is 0 Å². The van der Waals surface area contributed by atoms with Crippen LogP contribution in [0.5, 0.6) is 0 Å². The highest BCUT2D eigenvalue weighted by atomic mass is 16.1. The van der Waals surface area contributed by atoms with Gasteiger partial charge in [-0.1, -0.05) is 13.0 Å². The number of amides is 1. The van der Waals surface area contributed by atoms with Gasteiger partial charge >= 0.3 is 0 Å². The number of hydrogen-bond donors (Lipinski definition) is 3. The highest BCUT2D eigenvalue weighted by Gasteiger charge is 2.21. The molecule has 1 saturated heterocycles. The summed E-state index contributed by atoms with van der Waals surface area (Å²) >= 11 is 0. The van der Waals surface area contributed by atoms with Crippen LogP contribution < -0.4 is 16.2 Å². The van der Waals surface area contributed by atoms with E-state index >= 15 is 0 Å². The van der Waals surface area contributed by atoms with Gasteiger partial charge in [0.05, 0.1) is 0 Å². The molecule has 2 rings (SSSR count). The molecule has 1 fully saturated rings. The SMILES string of the molecule is CC(CC(=O)NCc1ccc(=O)[nH]c1)C1CCCNC1. The third-order valence-corrected chi connectivity index (χ3v) is 3.99. The Morgan fingerprint density at radius 3 is 3.00 bits per heavy atom. The van der Waals surface area contributed by atoms with Gasteiger partial charge in [0.1, 0.15) is 0 Å². The molecule has 0 radical (unpaired) electrons. The summed E-state index contributed by atoms with van der Waals surface area (Å²) in [6, 6.07) is 3.20. The molecular weight excluding hydrogens is 254 g/mol. The molecule has 1 aliphatic rings. The number of pyridine rings is 1. The number of aromatic nitrogens is 1. The molecule has 0 spiro atoms. The Labute approximate surface area is 119 Å². The summed E-state index contributed by atoms with van der Waals surface area (Å²) in [4.78, 5) is 25.5. The Bertz CT molecular complexity index is 472. The van der Waals surface area contributed by atoms with Crippen molar-refractivity contribution in [1.29, 1.82) is 0 Å². The molecule has 20 heavy (non-hydrogen) atoms. The standard InChI is InChI=1S/C15H23N3O2/c1-11(13-3-2-6-16-10-13)7-15(20)18-9-12-4-5-14(19)17-8-12/h4-5,8,11,13,16H,2-3,6-7,9-10H2,1H3,(H,17,19)(H,18,20). The Morgan fingerprint density at radius 1 is 1.50 bits per heavy atom. The van der Waals surface area contributed by atoms with Crippen LogP contribution in [0.2, 0.25) is 0 Å². The van der Waals surface area contributed by atoms with E-state index in [1.54, 1.807) is 12.3 Å². The topological polar surface area (TPSA) is 74.0 Å². The lowest BCUT2D eigenvalue weighted by Gasteiger charge is -2.28. The zero-order chi connectivity index (χ0) is 14.4. The normalized spacial score (nSPS) is 20.4. The van der Waals surface area contributed by atoms with E-state index in [9.17, 15) is 9.59 Å². The van der Waals surface area contributed by atoms with Gasteiger partial charge < -0.3 is 15.6 Å². The zero-order valence-corrected chi connectivity index (χ0v) is 11.9. The largest absolute Gasteiger partial charge is 0.352 e. The third-order valence-electron chi connectivity index (χ3n) is 3.99. The minimum absolute atomic E-state index is 0.0780. The summed E-state index contributed by atoms with van der Waals surface area (Å²) in [5, 5.41) is 6.29. The predicted octanol–water partition coefficient (Wildman–Crippen LogP) is 1.02. The number of aromatic amines is 1. The van der Waals surface area contributed by atoms with Crippen LogP contribution in [-0.4, -0.2) is 24.0 Å². The van der Waals surface area contributed by atoms with Gasteiger partial charge in [-0.3, -0.25) is 9.59 Å². The smallest absolute Gasteiger partial charge is 0.247 e. The summed E-state index contributed by atoms with van der Waals surface area (Å²) in [5.41, 5.74) is 0.781. The van der Waals surface area contributed by atoms with E-state index in [4.69, 9.17) is 0 Å². The van der Waals surface area contributed by atoms with Gasteiger partial charge in [0, 0.05) is 25.2 Å². The molecule has 1 aromatic heterocycles. The maximum atomic E-state index is 11.9. The van der Waals surface area contributed by atoms with Crippen LogP contribution >= 0.6 is 0 Å². The molecule has 2 heterocycles. The number of piperidine rings is 1. The molecule has 1 amide bonds. The first-order valence-corrected chi connectivity index (χ1v) is 7.30. The van der Waals surface area contributed by atoms with Crippen molar-refractivity contribution in [3.05, 3.63) is 34.2 Å². The summed E-state index contributed by atoms with van der Waals surface area (Å²) in [7, 11) is 0. The summed E-state index contributed by atoms with van der Waals surface area (Å²) in [5.74, 6) is 1.08. The average molecular weight is 277 g/mol. The fourth-order valence-electron chi connectivity index (χ4n) is 2.65. The van der Waals surface area contributed by atoms with Crippen molar-refractivity contribution < 1.29 is 4.79 Å². The second-order valence-electron chi connectivity index (χ2n) is 5.63. The maximum Gasteiger partial charge on any atom is 0.247 e. The summed E-state index contributed by atoms with van der Waals surface area (Å²) in [6.45, 7) is 4.73. The van der Waals surface area contributed by atoms with Crippen molar-refractivity contribution in [2.24, 2.45) is 11.8 Å². The second kappa shape index (κ2) is 7.24. The molecule has 2 unspecified atom stereocenters. The molecular formula is C15H23N3O2. The first-order chi connectivity index (χ1) is 9.65. The Kier molecular flexibility index (Phi) is 5.35. The Balaban J connectivity index is 1.74. The number of carbonyl (C=O) groups is 1. The minimum Gasteiger partial charge on any atom is -0.352 e. The summed E-state index contributed by atoms with van der Waals surface area (Å²) < 4.78 is 0. The zero-order valence-electron chi connectivity index (χ0n) is 11.9. The molecule has 1 aromatic rings. The van der Waals surface area contributed by atoms with Gasteiger partial charge in [0.15, 0.2) is 0 Å². The van der Waals surface area contributed by atoms with Crippen LogP contribution in [0.4, 0.5) is 0 Å². The van der Waals surface area contributed by atoms with Crippen LogP contribution in [0.1, 0.15) is 31.7 Å². The monoisotopic (exact) mass is 277 g/mol. The fourth-order valence-corrected chi connectivity index (χ4v) is 2.65. The van der Waals surface area contributed by atoms with Gasteiger partial charge in [-0.15, -0.1) is 0 Å². The molecule has 1 aliphatic heterocycles. The highest BCUT2D eigenvalue weighted by molar-refractivity contribution is 5.76. The number of hydrogen-bond acceptors (Lipinski definition) is 3. The van der Waals surface area contributed by atoms with E-state index < -0.39 is 0 Å². The third kappa shape index (κ3) is 4.49. The fraction of sp³-hybridized carbons (Fsp3) is 0.600. The van der Waals surface area contributed by atoms with E-state index in [1.807, 2.05) is 0 Å². The van der Waals surface area contributed by atoms with Crippen molar-refractivity contribution in [3.8, 4) is 0 Å². The molecule has 110 valence electrons. The van der Waals surface area contributed by atoms with E-state index in [2.05, 4.69) is 22.5 Å². The van der Waals surface area contributed by atoms with Gasteiger partial charge in [0.25, 0.3) is 0 Å². The van der Waals surface area contributed by atoms with Crippen LogP contribution in [-0.2, 0) is 11.3 Å². The van der Waals surface area contributed by atoms with Crippen molar-refractivity contribution in [1.82, 2.24) is 15.6 Å². The molecule has 5 heteroatoms. The maximum absolute atomic E-state index is 11.9. The van der Waals surface area contributed by atoms with E-state index in [0.717, 1.165) is 18.7 Å². The molecule has 0 aromatic carbocycles. The van der Waals surface area contributed by atoms with Gasteiger partial charge in [0.2, 0.25) is 11.5 Å². The molecule has 5 nitrogen and oxygen atoms in total. The van der Waals surface area contributed by atoms with Gasteiger partial charge in [-0.05, 0) is 43.3 Å². The quantitative estimate of drug-likeness (QED) is 0.752. The number of rotatable bonds is 5. The van der Waals surface area contributed by atoms with Gasteiger partial charge in [-0.25, -0.2) is 0 Å². The lowest BCUT2D eigenvalue weighted by atomic mass is 9.85. The molecule has 2 atom stereocenters. The lowest BCUT2D eigenvalue weighted by Crippen LogP contribution is -2.35. The number of nitrogens with one attached hydrogen (secondary N) is 3. The summed E-state index contributed by atoms with van der Waals surface area (Å²) in [6.07, 6.45) is 4.61. The molecule has 0 bridgehead atoms. The lowest BCUT2D eigenvalue weighted by molar-refractivity contribution is -0.122. The van der Waals surface area contributed by atoms with Crippen LogP contribution in [0, 0.1) is 11.8 Å². The Hall–Kier alpha value is -1.62. The Morgan fingerprint density at radius 2 is 2.35 bits per heavy atom.